The van der Waals surface area contributed by atoms with Crippen LogP contribution >= 0.6 is 15.9 Å². The monoisotopic (exact) mass is 310 g/mol. The molecule has 0 aromatic carbocycles. The summed E-state index contributed by atoms with van der Waals surface area (Å²) in [7, 11) is 2.20. The molecule has 0 spiro atoms. The number of hydrogen-bond acceptors (Lipinski definition) is 2. The van der Waals surface area contributed by atoms with Gasteiger partial charge in [0.2, 0.25) is 0 Å². The highest BCUT2D eigenvalue weighted by atomic mass is 79.9. The Hall–Kier alpha value is -0.570. The number of nitrogens with zero attached hydrogens (tertiary/aromatic N) is 2. The Bertz CT molecular complexity index is 405. The van der Waals surface area contributed by atoms with Crippen LogP contribution in [0.1, 0.15) is 43.7 Å². The number of aryl methyl sites for hydroxylation is 1. The number of aromatic nitrogens is 1. The van der Waals surface area contributed by atoms with Crippen LogP contribution in [0, 0.1) is 12.8 Å². The first kappa shape index (κ1) is 13.9. The summed E-state index contributed by atoms with van der Waals surface area (Å²) in [6.07, 6.45) is 7.34. The predicted molar refractivity (Wildman–Crippen MR) is 81.4 cm³/mol. The summed E-state index contributed by atoms with van der Waals surface area (Å²) in [6, 6.07) is 2.90. The van der Waals surface area contributed by atoms with Crippen LogP contribution in [0.15, 0.2) is 12.3 Å². The smallest absolute Gasteiger partial charge is 0.131 e. The van der Waals surface area contributed by atoms with E-state index in [1.54, 1.807) is 0 Å². The zero-order chi connectivity index (χ0) is 13.1. The molecule has 0 radical (unpaired) electrons. The standard InChI is InChI=1S/C15H23BrN2/c1-11-5-4-6-14(7-11)18(3)15-12(2)8-13(9-16)10-17-15/h8,10-11,14H,4-7,9H2,1-3H3. The number of alkyl halides is 1. The lowest BCUT2D eigenvalue weighted by Crippen LogP contribution is -2.36. The van der Waals surface area contributed by atoms with Crippen molar-refractivity contribution in [2.75, 3.05) is 11.9 Å². The first-order valence-corrected chi connectivity index (χ1v) is 7.98. The maximum atomic E-state index is 4.65. The minimum absolute atomic E-state index is 0.662. The molecule has 0 saturated heterocycles. The Kier molecular flexibility index (Phi) is 4.66. The van der Waals surface area contributed by atoms with Gasteiger partial charge in [-0.05, 0) is 36.8 Å². The summed E-state index contributed by atoms with van der Waals surface area (Å²) in [5.41, 5.74) is 2.54. The van der Waals surface area contributed by atoms with Gasteiger partial charge in [-0.3, -0.25) is 0 Å². The normalized spacial score (nSPS) is 24.0. The topological polar surface area (TPSA) is 16.1 Å². The lowest BCUT2D eigenvalue weighted by atomic mass is 9.86. The molecule has 0 aliphatic heterocycles. The van der Waals surface area contributed by atoms with E-state index in [1.807, 2.05) is 6.20 Å². The molecule has 1 aromatic heterocycles. The summed E-state index contributed by atoms with van der Waals surface area (Å²) in [6.45, 7) is 4.53. The number of pyridine rings is 1. The summed E-state index contributed by atoms with van der Waals surface area (Å²) in [5, 5.41) is 0.880. The Morgan fingerprint density at radius 1 is 1.44 bits per heavy atom. The highest BCUT2D eigenvalue weighted by Gasteiger charge is 2.23. The first-order chi connectivity index (χ1) is 8.61. The highest BCUT2D eigenvalue weighted by Crippen LogP contribution is 2.30. The minimum Gasteiger partial charge on any atom is -0.356 e. The second kappa shape index (κ2) is 6.05. The van der Waals surface area contributed by atoms with Crippen LogP contribution in [0.3, 0.4) is 0 Å². The third kappa shape index (κ3) is 3.05. The van der Waals surface area contributed by atoms with Crippen molar-refractivity contribution < 1.29 is 0 Å². The van der Waals surface area contributed by atoms with Crippen molar-refractivity contribution in [3.63, 3.8) is 0 Å². The average molecular weight is 311 g/mol. The minimum atomic E-state index is 0.662. The van der Waals surface area contributed by atoms with Crippen molar-refractivity contribution in [2.45, 2.75) is 50.9 Å². The molecule has 2 rings (SSSR count). The molecule has 2 unspecified atom stereocenters. The Balaban J connectivity index is 2.15. The molecule has 2 atom stereocenters. The lowest BCUT2D eigenvalue weighted by molar-refractivity contribution is 0.335. The van der Waals surface area contributed by atoms with E-state index in [0.717, 1.165) is 17.1 Å². The van der Waals surface area contributed by atoms with Crippen LogP contribution in [-0.2, 0) is 5.33 Å². The van der Waals surface area contributed by atoms with Gasteiger partial charge in [0, 0.05) is 24.6 Å². The fourth-order valence-electron chi connectivity index (χ4n) is 2.99. The molecule has 18 heavy (non-hydrogen) atoms. The predicted octanol–water partition coefficient (Wildman–Crippen LogP) is 4.30. The average Bonchev–Trinajstić information content (AvgIpc) is 2.37. The van der Waals surface area contributed by atoms with Gasteiger partial charge < -0.3 is 4.90 Å². The van der Waals surface area contributed by atoms with Gasteiger partial charge in [-0.15, -0.1) is 0 Å². The molecule has 1 heterocycles. The SMILES string of the molecule is Cc1cc(CBr)cnc1N(C)C1CCCC(C)C1. The molecular weight excluding hydrogens is 288 g/mol. The van der Waals surface area contributed by atoms with Crippen LogP contribution < -0.4 is 4.90 Å². The molecular formula is C15H23BrN2. The van der Waals surface area contributed by atoms with Crippen molar-refractivity contribution in [2.24, 2.45) is 5.92 Å². The van der Waals surface area contributed by atoms with Crippen LogP contribution in [0.4, 0.5) is 5.82 Å². The third-order valence-electron chi connectivity index (χ3n) is 4.05. The van der Waals surface area contributed by atoms with E-state index >= 15 is 0 Å². The van der Waals surface area contributed by atoms with Crippen molar-refractivity contribution >= 4 is 21.7 Å². The Morgan fingerprint density at radius 2 is 2.22 bits per heavy atom. The largest absolute Gasteiger partial charge is 0.356 e. The van der Waals surface area contributed by atoms with Crippen LogP contribution in [0.5, 0.6) is 0 Å². The number of rotatable bonds is 3. The van der Waals surface area contributed by atoms with E-state index in [4.69, 9.17) is 0 Å². The molecule has 1 aliphatic rings. The van der Waals surface area contributed by atoms with E-state index in [9.17, 15) is 0 Å². The van der Waals surface area contributed by atoms with Gasteiger partial charge in [0.25, 0.3) is 0 Å². The number of anilines is 1. The zero-order valence-corrected chi connectivity index (χ0v) is 13.2. The second-order valence-electron chi connectivity index (χ2n) is 5.65. The first-order valence-electron chi connectivity index (χ1n) is 6.86. The zero-order valence-electron chi connectivity index (χ0n) is 11.6. The molecule has 1 aliphatic carbocycles. The van der Waals surface area contributed by atoms with E-state index in [-0.39, 0.29) is 0 Å². The summed E-state index contributed by atoms with van der Waals surface area (Å²) in [5.74, 6) is 2.01. The van der Waals surface area contributed by atoms with Crippen LogP contribution in [0.2, 0.25) is 0 Å². The molecule has 1 saturated carbocycles. The molecule has 1 fully saturated rings. The van der Waals surface area contributed by atoms with Crippen molar-refractivity contribution in [3.05, 3.63) is 23.4 Å². The Labute approximate surface area is 119 Å². The van der Waals surface area contributed by atoms with E-state index in [0.29, 0.717) is 6.04 Å². The van der Waals surface area contributed by atoms with E-state index in [1.165, 1.54) is 36.8 Å². The molecule has 0 bridgehead atoms. The molecule has 0 amide bonds. The van der Waals surface area contributed by atoms with Gasteiger partial charge in [0.15, 0.2) is 0 Å². The summed E-state index contributed by atoms with van der Waals surface area (Å²) < 4.78 is 0. The third-order valence-corrected chi connectivity index (χ3v) is 4.70. The maximum absolute atomic E-state index is 4.65. The maximum Gasteiger partial charge on any atom is 0.131 e. The number of hydrogen-bond donors (Lipinski definition) is 0. The van der Waals surface area contributed by atoms with Gasteiger partial charge in [0.05, 0.1) is 0 Å². The molecule has 0 N–H and O–H groups in total. The summed E-state index contributed by atoms with van der Waals surface area (Å²) >= 11 is 3.48. The fraction of sp³-hybridized carbons (Fsp3) is 0.667. The molecule has 1 aromatic rings. The van der Waals surface area contributed by atoms with Crippen molar-refractivity contribution in [1.29, 1.82) is 0 Å². The highest BCUT2D eigenvalue weighted by molar-refractivity contribution is 9.08. The molecule has 3 heteroatoms. The number of halogens is 1. The van der Waals surface area contributed by atoms with E-state index < -0.39 is 0 Å². The Morgan fingerprint density at radius 3 is 2.83 bits per heavy atom. The van der Waals surface area contributed by atoms with Gasteiger partial charge in [0.1, 0.15) is 5.82 Å². The fourth-order valence-corrected chi connectivity index (χ4v) is 3.30. The van der Waals surface area contributed by atoms with Crippen molar-refractivity contribution in [3.8, 4) is 0 Å². The van der Waals surface area contributed by atoms with Crippen molar-refractivity contribution in [1.82, 2.24) is 4.98 Å². The van der Waals surface area contributed by atoms with Gasteiger partial charge >= 0.3 is 0 Å². The quantitative estimate of drug-likeness (QED) is 0.774. The van der Waals surface area contributed by atoms with E-state index in [2.05, 4.69) is 52.8 Å². The van der Waals surface area contributed by atoms with Gasteiger partial charge in [-0.1, -0.05) is 41.8 Å². The second-order valence-corrected chi connectivity index (χ2v) is 6.21. The molecule has 100 valence electrons. The van der Waals surface area contributed by atoms with Gasteiger partial charge in [-0.25, -0.2) is 4.98 Å². The van der Waals surface area contributed by atoms with Gasteiger partial charge in [-0.2, -0.15) is 0 Å². The summed E-state index contributed by atoms with van der Waals surface area (Å²) in [4.78, 5) is 7.04. The lowest BCUT2D eigenvalue weighted by Gasteiger charge is -2.35. The van der Waals surface area contributed by atoms with Crippen LogP contribution in [0.25, 0.3) is 0 Å². The van der Waals surface area contributed by atoms with Crippen LogP contribution in [-0.4, -0.2) is 18.1 Å². The molecule has 2 nitrogen and oxygen atoms in total.